The molecule has 8 heteroatoms. The predicted molar refractivity (Wildman–Crippen MR) is 103 cm³/mol. The van der Waals surface area contributed by atoms with Crippen molar-refractivity contribution in [3.8, 4) is 0 Å². The van der Waals surface area contributed by atoms with Crippen LogP contribution >= 0.6 is 23.8 Å². The van der Waals surface area contributed by atoms with E-state index in [4.69, 9.17) is 28.2 Å². The summed E-state index contributed by atoms with van der Waals surface area (Å²) in [4.78, 5) is 25.9. The van der Waals surface area contributed by atoms with E-state index in [1.54, 1.807) is 36.4 Å². The van der Waals surface area contributed by atoms with Crippen LogP contribution in [-0.2, 0) is 10.3 Å². The van der Waals surface area contributed by atoms with E-state index in [9.17, 15) is 9.59 Å². The van der Waals surface area contributed by atoms with E-state index in [1.807, 2.05) is 6.07 Å². The number of fused-ring (bicyclic) bond motifs is 6. The molecule has 1 amide bonds. The first-order valence-electron chi connectivity index (χ1n) is 7.77. The Morgan fingerprint density at radius 3 is 2.73 bits per heavy atom. The molecule has 6 nitrogen and oxygen atoms in total. The first-order valence-corrected chi connectivity index (χ1v) is 8.56. The Bertz CT molecular complexity index is 1210. The topological polar surface area (TPSA) is 83.4 Å². The molecule has 1 spiro atoms. The summed E-state index contributed by atoms with van der Waals surface area (Å²) in [6.07, 6.45) is 0. The number of carbonyl (C=O) groups is 1. The van der Waals surface area contributed by atoms with Crippen molar-refractivity contribution >= 4 is 57.2 Å². The van der Waals surface area contributed by atoms with Crippen molar-refractivity contribution in [1.29, 1.82) is 0 Å². The quantitative estimate of drug-likeness (QED) is 0.409. The standard InChI is InChI=1S/C18H10ClN3O3S/c19-8-5-6-11-10(7-8)18(16(24)20-11)13-14(21-17(26)22-18)9-3-1-2-4-12(9)25-15(13)23/h1-7H,(H,20,24)(H2,21,22,26). The average molecular weight is 384 g/mol. The smallest absolute Gasteiger partial charge is 0.344 e. The van der Waals surface area contributed by atoms with Gasteiger partial charge in [0.05, 0.1) is 5.69 Å². The van der Waals surface area contributed by atoms with Crippen LogP contribution in [0, 0.1) is 0 Å². The zero-order valence-corrected chi connectivity index (χ0v) is 14.6. The summed E-state index contributed by atoms with van der Waals surface area (Å²) >= 11 is 11.5. The lowest BCUT2D eigenvalue weighted by Crippen LogP contribution is -2.58. The first kappa shape index (κ1) is 15.4. The second kappa shape index (κ2) is 5.06. The third-order valence-corrected chi connectivity index (χ3v) is 5.14. The third-order valence-electron chi connectivity index (χ3n) is 4.70. The highest BCUT2D eigenvalue weighted by Gasteiger charge is 2.54. The molecule has 1 atom stereocenters. The maximum absolute atomic E-state index is 13.0. The highest BCUT2D eigenvalue weighted by atomic mass is 35.5. The first-order chi connectivity index (χ1) is 12.5. The lowest BCUT2D eigenvalue weighted by molar-refractivity contribution is -0.120. The molecule has 1 aromatic heterocycles. The number of rotatable bonds is 0. The van der Waals surface area contributed by atoms with Crippen LogP contribution in [0.4, 0.5) is 11.4 Å². The number of anilines is 2. The Morgan fingerprint density at radius 1 is 1.08 bits per heavy atom. The number of amides is 1. The molecule has 0 saturated heterocycles. The summed E-state index contributed by atoms with van der Waals surface area (Å²) in [5, 5.41) is 10.1. The number of nitrogens with one attached hydrogen (secondary N) is 3. The molecule has 0 fully saturated rings. The summed E-state index contributed by atoms with van der Waals surface area (Å²) in [7, 11) is 0. The van der Waals surface area contributed by atoms with Crippen LogP contribution in [-0.4, -0.2) is 11.0 Å². The van der Waals surface area contributed by atoms with Gasteiger partial charge in [-0.3, -0.25) is 4.79 Å². The van der Waals surface area contributed by atoms with Gasteiger partial charge in [-0.15, -0.1) is 0 Å². The van der Waals surface area contributed by atoms with Crippen LogP contribution in [0.2, 0.25) is 5.02 Å². The minimum Gasteiger partial charge on any atom is -0.422 e. The number of benzene rings is 2. The Hall–Kier alpha value is -2.90. The fraction of sp³-hybridized carbons (Fsp3) is 0.0556. The zero-order valence-electron chi connectivity index (χ0n) is 13.1. The van der Waals surface area contributed by atoms with Crippen molar-refractivity contribution in [3.63, 3.8) is 0 Å². The molecule has 3 heterocycles. The Kier molecular flexibility index (Phi) is 2.99. The van der Waals surface area contributed by atoms with Gasteiger partial charge in [0.1, 0.15) is 11.1 Å². The number of hydrogen-bond acceptors (Lipinski definition) is 4. The van der Waals surface area contributed by atoms with Gasteiger partial charge >= 0.3 is 5.63 Å². The van der Waals surface area contributed by atoms with Gasteiger partial charge in [0.15, 0.2) is 10.7 Å². The van der Waals surface area contributed by atoms with Crippen molar-refractivity contribution in [2.24, 2.45) is 0 Å². The van der Waals surface area contributed by atoms with Gasteiger partial charge in [0.2, 0.25) is 0 Å². The van der Waals surface area contributed by atoms with E-state index in [2.05, 4.69) is 16.0 Å². The second-order valence-corrected chi connectivity index (χ2v) is 6.95. The molecule has 0 bridgehead atoms. The maximum atomic E-state index is 13.0. The van der Waals surface area contributed by atoms with Crippen LogP contribution in [0.3, 0.4) is 0 Å². The van der Waals surface area contributed by atoms with E-state index < -0.39 is 17.1 Å². The van der Waals surface area contributed by atoms with Gasteiger partial charge in [-0.1, -0.05) is 23.7 Å². The van der Waals surface area contributed by atoms with Crippen LogP contribution in [0.5, 0.6) is 0 Å². The maximum Gasteiger partial charge on any atom is 0.344 e. The molecule has 2 aliphatic rings. The molecule has 1 unspecified atom stereocenters. The van der Waals surface area contributed by atoms with E-state index in [0.29, 0.717) is 32.9 Å². The molecule has 2 aromatic carbocycles. The molecule has 26 heavy (non-hydrogen) atoms. The molecule has 128 valence electrons. The number of thiocarbonyl (C=S) groups is 1. The fourth-order valence-electron chi connectivity index (χ4n) is 3.64. The average Bonchev–Trinajstić information content (AvgIpc) is 2.86. The van der Waals surface area contributed by atoms with Gasteiger partial charge < -0.3 is 20.4 Å². The molecule has 5 rings (SSSR count). The number of halogens is 1. The Balaban J connectivity index is 1.95. The Morgan fingerprint density at radius 2 is 1.88 bits per heavy atom. The van der Waals surface area contributed by atoms with E-state index in [1.165, 1.54) is 0 Å². The van der Waals surface area contributed by atoms with Crippen LogP contribution in [0.15, 0.2) is 51.7 Å². The van der Waals surface area contributed by atoms with Gasteiger partial charge in [0.25, 0.3) is 5.91 Å². The van der Waals surface area contributed by atoms with Crippen molar-refractivity contribution < 1.29 is 9.21 Å². The molecular weight excluding hydrogens is 374 g/mol. The van der Waals surface area contributed by atoms with Crippen LogP contribution in [0.1, 0.15) is 11.1 Å². The lowest BCUT2D eigenvalue weighted by atomic mass is 9.82. The molecule has 2 aliphatic heterocycles. The summed E-state index contributed by atoms with van der Waals surface area (Å²) in [5.74, 6) is -0.414. The van der Waals surface area contributed by atoms with E-state index in [0.717, 1.165) is 0 Å². The number of hydrogen-bond donors (Lipinski definition) is 3. The molecule has 0 aliphatic carbocycles. The minimum absolute atomic E-state index is 0.156. The van der Waals surface area contributed by atoms with Crippen LogP contribution < -0.4 is 21.6 Å². The monoisotopic (exact) mass is 383 g/mol. The number of para-hydroxylation sites is 1. The van der Waals surface area contributed by atoms with E-state index >= 15 is 0 Å². The van der Waals surface area contributed by atoms with Gasteiger partial charge in [-0.25, -0.2) is 4.79 Å². The van der Waals surface area contributed by atoms with Crippen molar-refractivity contribution in [2.75, 3.05) is 10.6 Å². The zero-order chi connectivity index (χ0) is 18.1. The summed E-state index contributed by atoms with van der Waals surface area (Å²) in [6, 6.07) is 12.1. The summed E-state index contributed by atoms with van der Waals surface area (Å²) in [6.45, 7) is 0. The van der Waals surface area contributed by atoms with Crippen LogP contribution in [0.25, 0.3) is 11.0 Å². The SMILES string of the molecule is O=C1Nc2ccc(Cl)cc2C12NC(=S)Nc1c2c(=O)oc2ccccc12. The molecular formula is C18H10ClN3O3S. The summed E-state index contributed by atoms with van der Waals surface area (Å²) < 4.78 is 5.48. The lowest BCUT2D eigenvalue weighted by Gasteiger charge is -2.35. The van der Waals surface area contributed by atoms with Crippen molar-refractivity contribution in [3.05, 3.63) is 69.0 Å². The molecule has 3 aromatic rings. The molecule has 0 radical (unpaired) electrons. The fourth-order valence-corrected chi connectivity index (χ4v) is 4.07. The van der Waals surface area contributed by atoms with E-state index in [-0.39, 0.29) is 10.7 Å². The third kappa shape index (κ3) is 1.84. The van der Waals surface area contributed by atoms with Gasteiger partial charge in [-0.05, 0) is 42.5 Å². The highest BCUT2D eigenvalue weighted by Crippen LogP contribution is 2.46. The minimum atomic E-state index is -1.50. The largest absolute Gasteiger partial charge is 0.422 e. The normalized spacial score (nSPS) is 20.3. The number of carbonyl (C=O) groups excluding carboxylic acids is 1. The molecule has 3 N–H and O–H groups in total. The Labute approximate surface area is 157 Å². The summed E-state index contributed by atoms with van der Waals surface area (Å²) in [5.41, 5.74) is 0.00451. The van der Waals surface area contributed by atoms with Crippen molar-refractivity contribution in [1.82, 2.24) is 5.32 Å². The predicted octanol–water partition coefficient (Wildman–Crippen LogP) is 2.94. The molecule has 0 saturated carbocycles. The second-order valence-electron chi connectivity index (χ2n) is 6.11. The van der Waals surface area contributed by atoms with Gasteiger partial charge in [0, 0.05) is 21.7 Å². The van der Waals surface area contributed by atoms with Crippen molar-refractivity contribution in [2.45, 2.75) is 5.54 Å². The highest BCUT2D eigenvalue weighted by molar-refractivity contribution is 7.80. The van der Waals surface area contributed by atoms with Gasteiger partial charge in [-0.2, -0.15) is 0 Å².